The average Bonchev–Trinajstić information content (AvgIpc) is 2.23. The van der Waals surface area contributed by atoms with Crippen LogP contribution in [0.3, 0.4) is 0 Å². The van der Waals surface area contributed by atoms with Crippen LogP contribution in [-0.2, 0) is 4.84 Å². The summed E-state index contributed by atoms with van der Waals surface area (Å²) in [4.78, 5) is 7.34. The van der Waals surface area contributed by atoms with Gasteiger partial charge in [0.25, 0.3) is 0 Å². The molecule has 0 fully saturated rings. The molecule has 0 saturated heterocycles. The maximum atomic E-state index is 13.5. The molecular weight excluding hydrogens is 219 g/mol. The average molecular weight is 240 g/mol. The first-order chi connectivity index (χ1) is 7.93. The molecule has 0 aromatic heterocycles. The van der Waals surface area contributed by atoms with Gasteiger partial charge in [0.1, 0.15) is 0 Å². The molecule has 1 heterocycles. The molecule has 96 valence electrons. The molecule has 17 heavy (non-hydrogen) atoms. The molecule has 0 aromatic rings. The number of halogens is 1. The van der Waals surface area contributed by atoms with E-state index in [1.54, 1.807) is 6.92 Å². The minimum Gasteiger partial charge on any atom is -0.300 e. The molecule has 2 unspecified atom stereocenters. The summed E-state index contributed by atoms with van der Waals surface area (Å²) >= 11 is 0. The van der Waals surface area contributed by atoms with Gasteiger partial charge in [-0.15, -0.1) is 0 Å². The van der Waals surface area contributed by atoms with Crippen molar-refractivity contribution in [1.29, 1.82) is 0 Å². The second-order valence-corrected chi connectivity index (χ2v) is 4.59. The third-order valence-corrected chi connectivity index (χ3v) is 2.60. The van der Waals surface area contributed by atoms with Gasteiger partial charge in [-0.3, -0.25) is 9.96 Å². The molecule has 1 rings (SSSR count). The summed E-state index contributed by atoms with van der Waals surface area (Å²) in [5, 5.41) is 1.46. The fourth-order valence-corrected chi connectivity index (χ4v) is 1.85. The van der Waals surface area contributed by atoms with E-state index in [1.165, 1.54) is 16.8 Å². The fraction of sp³-hybridized carbons (Fsp3) is 0.538. The standard InChI is InChI=1S/C13H21FN2O/c1-6-16(17-13(14)10(2)3)12-7-11(4)8-15(5)9-12/h6-7,12-13H,1-2,8-9H2,3-5H3. The molecule has 0 saturated carbocycles. The second kappa shape index (κ2) is 5.98. The predicted octanol–water partition coefficient (Wildman–Crippen LogP) is 2.50. The molecule has 0 aliphatic carbocycles. The van der Waals surface area contributed by atoms with Crippen LogP contribution in [0.5, 0.6) is 0 Å². The van der Waals surface area contributed by atoms with Crippen molar-refractivity contribution in [3.8, 4) is 0 Å². The Hall–Kier alpha value is -1.13. The van der Waals surface area contributed by atoms with E-state index in [-0.39, 0.29) is 6.04 Å². The summed E-state index contributed by atoms with van der Waals surface area (Å²) in [5.41, 5.74) is 1.59. The van der Waals surface area contributed by atoms with Gasteiger partial charge < -0.3 is 0 Å². The van der Waals surface area contributed by atoms with Crippen LogP contribution in [-0.4, -0.2) is 42.5 Å². The zero-order valence-corrected chi connectivity index (χ0v) is 10.8. The molecule has 4 heteroatoms. The third-order valence-electron chi connectivity index (χ3n) is 2.60. The summed E-state index contributed by atoms with van der Waals surface area (Å²) in [6, 6.07) is -0.0103. The number of likely N-dealkylation sites (N-methyl/N-ethyl adjacent to an activating group) is 1. The van der Waals surface area contributed by atoms with E-state index in [9.17, 15) is 4.39 Å². The Morgan fingerprint density at radius 3 is 2.88 bits per heavy atom. The van der Waals surface area contributed by atoms with Crippen LogP contribution in [0.2, 0.25) is 0 Å². The van der Waals surface area contributed by atoms with Crippen molar-refractivity contribution in [2.24, 2.45) is 0 Å². The van der Waals surface area contributed by atoms with Gasteiger partial charge in [0.2, 0.25) is 6.36 Å². The van der Waals surface area contributed by atoms with Gasteiger partial charge in [-0.2, -0.15) is 0 Å². The number of alkyl halides is 1. The summed E-state index contributed by atoms with van der Waals surface area (Å²) in [7, 11) is 2.02. The lowest BCUT2D eigenvalue weighted by molar-refractivity contribution is -0.209. The number of hydrogen-bond donors (Lipinski definition) is 0. The second-order valence-electron chi connectivity index (χ2n) is 4.59. The van der Waals surface area contributed by atoms with Crippen LogP contribution in [0.15, 0.2) is 36.6 Å². The van der Waals surface area contributed by atoms with Crippen LogP contribution in [0.1, 0.15) is 13.8 Å². The Labute approximate surface area is 103 Å². The SMILES string of the molecule is C=CN(OC(F)C(=C)C)C1C=C(C)CN(C)C1. The van der Waals surface area contributed by atoms with Gasteiger partial charge in [0, 0.05) is 19.3 Å². The van der Waals surface area contributed by atoms with Crippen molar-refractivity contribution < 1.29 is 9.23 Å². The van der Waals surface area contributed by atoms with E-state index in [2.05, 4.69) is 31.1 Å². The van der Waals surface area contributed by atoms with Crippen LogP contribution in [0.4, 0.5) is 4.39 Å². The monoisotopic (exact) mass is 240 g/mol. The Morgan fingerprint density at radius 2 is 2.41 bits per heavy atom. The van der Waals surface area contributed by atoms with Gasteiger partial charge in [-0.25, -0.2) is 9.23 Å². The highest BCUT2D eigenvalue weighted by atomic mass is 19.1. The predicted molar refractivity (Wildman–Crippen MR) is 67.9 cm³/mol. The number of hydroxylamine groups is 2. The molecule has 1 aliphatic heterocycles. The first-order valence-electron chi connectivity index (χ1n) is 5.67. The normalized spacial score (nSPS) is 22.8. The van der Waals surface area contributed by atoms with Crippen molar-refractivity contribution in [3.63, 3.8) is 0 Å². The van der Waals surface area contributed by atoms with Crippen LogP contribution in [0, 0.1) is 0 Å². The molecule has 2 atom stereocenters. The van der Waals surface area contributed by atoms with Gasteiger partial charge in [0.15, 0.2) is 0 Å². The minimum absolute atomic E-state index is 0.0103. The smallest absolute Gasteiger partial charge is 0.244 e. The van der Waals surface area contributed by atoms with Crippen molar-refractivity contribution >= 4 is 0 Å². The molecule has 0 amide bonds. The topological polar surface area (TPSA) is 15.7 Å². The summed E-state index contributed by atoms with van der Waals surface area (Å²) < 4.78 is 13.5. The van der Waals surface area contributed by atoms with Gasteiger partial charge in [-0.1, -0.05) is 24.8 Å². The maximum absolute atomic E-state index is 13.5. The highest BCUT2D eigenvalue weighted by Gasteiger charge is 2.23. The number of rotatable bonds is 5. The minimum atomic E-state index is -1.49. The Balaban J connectivity index is 2.70. The van der Waals surface area contributed by atoms with E-state index in [1.807, 2.05) is 7.05 Å². The molecule has 1 aliphatic rings. The van der Waals surface area contributed by atoms with Crippen molar-refractivity contribution in [2.75, 3.05) is 20.1 Å². The first kappa shape index (κ1) is 13.9. The molecule has 0 bridgehead atoms. The molecule has 3 nitrogen and oxygen atoms in total. The molecule has 0 N–H and O–H groups in total. The zero-order chi connectivity index (χ0) is 13.0. The van der Waals surface area contributed by atoms with E-state index in [4.69, 9.17) is 4.84 Å². The van der Waals surface area contributed by atoms with Crippen LogP contribution >= 0.6 is 0 Å². The van der Waals surface area contributed by atoms with Crippen molar-refractivity contribution in [3.05, 3.63) is 36.6 Å². The van der Waals surface area contributed by atoms with E-state index >= 15 is 0 Å². The third kappa shape index (κ3) is 3.98. The summed E-state index contributed by atoms with van der Waals surface area (Å²) in [6.07, 6.45) is 2.09. The highest BCUT2D eigenvalue weighted by molar-refractivity contribution is 5.11. The van der Waals surface area contributed by atoms with Crippen LogP contribution in [0.25, 0.3) is 0 Å². The number of hydrogen-bond acceptors (Lipinski definition) is 3. The van der Waals surface area contributed by atoms with Crippen molar-refractivity contribution in [2.45, 2.75) is 26.2 Å². The highest BCUT2D eigenvalue weighted by Crippen LogP contribution is 2.17. The van der Waals surface area contributed by atoms with Gasteiger partial charge in [0.05, 0.1) is 6.04 Å². The first-order valence-corrected chi connectivity index (χ1v) is 5.67. The molecule has 0 aromatic carbocycles. The lowest BCUT2D eigenvalue weighted by Gasteiger charge is -2.35. The zero-order valence-electron chi connectivity index (χ0n) is 10.8. The Morgan fingerprint density at radius 1 is 1.76 bits per heavy atom. The van der Waals surface area contributed by atoms with E-state index < -0.39 is 6.36 Å². The largest absolute Gasteiger partial charge is 0.300 e. The van der Waals surface area contributed by atoms with Gasteiger partial charge >= 0.3 is 0 Å². The Bertz CT molecular complexity index is 327. The summed E-state index contributed by atoms with van der Waals surface area (Å²) in [6.45, 7) is 12.6. The van der Waals surface area contributed by atoms with E-state index in [0.717, 1.165) is 13.1 Å². The lowest BCUT2D eigenvalue weighted by atomic mass is 10.1. The van der Waals surface area contributed by atoms with Crippen LogP contribution < -0.4 is 0 Å². The molecular formula is C13H21FN2O. The molecule has 0 spiro atoms. The fourth-order valence-electron chi connectivity index (χ4n) is 1.85. The number of nitrogens with zero attached hydrogens (tertiary/aromatic N) is 2. The quantitative estimate of drug-likeness (QED) is 0.542. The summed E-state index contributed by atoms with van der Waals surface area (Å²) in [5.74, 6) is 0. The Kier molecular flexibility index (Phi) is 4.90. The van der Waals surface area contributed by atoms with E-state index in [0.29, 0.717) is 5.57 Å². The lowest BCUT2D eigenvalue weighted by Crippen LogP contribution is -2.43. The maximum Gasteiger partial charge on any atom is 0.244 e. The molecule has 0 radical (unpaired) electrons. The van der Waals surface area contributed by atoms with Crippen molar-refractivity contribution in [1.82, 2.24) is 9.96 Å². The van der Waals surface area contributed by atoms with Gasteiger partial charge in [-0.05, 0) is 26.5 Å².